The summed E-state index contributed by atoms with van der Waals surface area (Å²) in [6.07, 6.45) is 8.24. The standard InChI is InChI=1S/C13H25ClN2/c1-12(14)11-15-9-6-10-16(2)13-7-4-3-5-8-13/h13,15H,1,3-11H2,2H3. The molecule has 1 fully saturated rings. The van der Waals surface area contributed by atoms with Crippen LogP contribution in [0.3, 0.4) is 0 Å². The van der Waals surface area contributed by atoms with Crippen molar-refractivity contribution in [2.75, 3.05) is 26.7 Å². The van der Waals surface area contributed by atoms with E-state index >= 15 is 0 Å². The molecule has 0 heterocycles. The Bertz CT molecular complexity index is 200. The van der Waals surface area contributed by atoms with Crippen molar-refractivity contribution < 1.29 is 0 Å². The van der Waals surface area contributed by atoms with Gasteiger partial charge in [0, 0.05) is 17.6 Å². The molecular formula is C13H25ClN2. The lowest BCUT2D eigenvalue weighted by Crippen LogP contribution is -2.35. The van der Waals surface area contributed by atoms with E-state index in [1.54, 1.807) is 0 Å². The van der Waals surface area contributed by atoms with Crippen LogP contribution < -0.4 is 5.32 Å². The number of halogens is 1. The van der Waals surface area contributed by atoms with Gasteiger partial charge < -0.3 is 10.2 Å². The van der Waals surface area contributed by atoms with Crippen LogP contribution in [0.4, 0.5) is 0 Å². The van der Waals surface area contributed by atoms with Crippen LogP contribution in [0.5, 0.6) is 0 Å². The molecule has 1 N–H and O–H groups in total. The summed E-state index contributed by atoms with van der Waals surface area (Å²) in [6.45, 7) is 6.60. The van der Waals surface area contributed by atoms with Crippen LogP contribution >= 0.6 is 11.6 Å². The van der Waals surface area contributed by atoms with Gasteiger partial charge in [0.15, 0.2) is 0 Å². The van der Waals surface area contributed by atoms with Crippen LogP contribution in [0.2, 0.25) is 0 Å². The van der Waals surface area contributed by atoms with Crippen molar-refractivity contribution in [2.24, 2.45) is 0 Å². The minimum absolute atomic E-state index is 0.695. The number of rotatable bonds is 7. The van der Waals surface area contributed by atoms with E-state index in [0.29, 0.717) is 5.03 Å². The molecule has 0 amide bonds. The first-order chi connectivity index (χ1) is 7.70. The Kier molecular flexibility index (Phi) is 7.10. The summed E-state index contributed by atoms with van der Waals surface area (Å²) in [4.78, 5) is 2.52. The molecule has 0 unspecified atom stereocenters. The van der Waals surface area contributed by atoms with Crippen molar-refractivity contribution in [3.05, 3.63) is 11.6 Å². The van der Waals surface area contributed by atoms with Gasteiger partial charge >= 0.3 is 0 Å². The summed E-state index contributed by atoms with van der Waals surface area (Å²) in [5.74, 6) is 0. The molecule has 3 heteroatoms. The molecule has 0 aromatic carbocycles. The summed E-state index contributed by atoms with van der Waals surface area (Å²) in [5.41, 5.74) is 0. The van der Waals surface area contributed by atoms with Crippen LogP contribution in [0, 0.1) is 0 Å². The first kappa shape index (κ1) is 14.0. The Morgan fingerprint density at radius 1 is 1.38 bits per heavy atom. The highest BCUT2D eigenvalue weighted by Gasteiger charge is 2.16. The predicted octanol–water partition coefficient (Wildman–Crippen LogP) is 2.98. The summed E-state index contributed by atoms with van der Waals surface area (Å²) >= 11 is 5.67. The van der Waals surface area contributed by atoms with Gasteiger partial charge in [-0.05, 0) is 39.4 Å². The monoisotopic (exact) mass is 244 g/mol. The van der Waals surface area contributed by atoms with Gasteiger partial charge in [0.2, 0.25) is 0 Å². The van der Waals surface area contributed by atoms with Crippen LogP contribution in [-0.4, -0.2) is 37.6 Å². The molecule has 1 rings (SSSR count). The van der Waals surface area contributed by atoms with Crippen molar-refractivity contribution in [3.63, 3.8) is 0 Å². The molecule has 0 aliphatic heterocycles. The second-order valence-electron chi connectivity index (χ2n) is 4.82. The summed E-state index contributed by atoms with van der Waals surface area (Å²) in [7, 11) is 2.26. The normalized spacial score (nSPS) is 17.9. The topological polar surface area (TPSA) is 15.3 Å². The third-order valence-corrected chi connectivity index (χ3v) is 3.51. The highest BCUT2D eigenvalue weighted by molar-refractivity contribution is 6.29. The second kappa shape index (κ2) is 8.10. The molecule has 0 atom stereocenters. The van der Waals surface area contributed by atoms with E-state index in [1.807, 2.05) is 0 Å². The fourth-order valence-corrected chi connectivity index (χ4v) is 2.48. The van der Waals surface area contributed by atoms with Crippen LogP contribution in [0.25, 0.3) is 0 Å². The smallest absolute Gasteiger partial charge is 0.0307 e. The van der Waals surface area contributed by atoms with Crippen molar-refractivity contribution in [1.82, 2.24) is 10.2 Å². The molecule has 0 spiro atoms. The van der Waals surface area contributed by atoms with Gasteiger partial charge in [-0.25, -0.2) is 0 Å². The first-order valence-corrected chi connectivity index (χ1v) is 6.82. The molecule has 0 radical (unpaired) electrons. The van der Waals surface area contributed by atoms with E-state index in [0.717, 1.165) is 19.1 Å². The lowest BCUT2D eigenvalue weighted by atomic mass is 9.94. The van der Waals surface area contributed by atoms with Gasteiger partial charge in [-0.3, -0.25) is 0 Å². The zero-order chi connectivity index (χ0) is 11.8. The third-order valence-electron chi connectivity index (χ3n) is 3.38. The Balaban J connectivity index is 2.00. The third kappa shape index (κ3) is 5.88. The Hall–Kier alpha value is -0.0500. The van der Waals surface area contributed by atoms with Crippen molar-refractivity contribution >= 4 is 11.6 Å². The fraction of sp³-hybridized carbons (Fsp3) is 0.846. The maximum Gasteiger partial charge on any atom is 0.0307 e. The molecule has 1 saturated carbocycles. The van der Waals surface area contributed by atoms with Gasteiger partial charge in [0.05, 0.1) is 0 Å². The quantitative estimate of drug-likeness (QED) is 0.693. The second-order valence-corrected chi connectivity index (χ2v) is 5.35. The maximum atomic E-state index is 5.67. The SMILES string of the molecule is C=C(Cl)CNCCCN(C)C1CCCCC1. The van der Waals surface area contributed by atoms with Gasteiger partial charge in [-0.2, -0.15) is 0 Å². The van der Waals surface area contributed by atoms with Gasteiger partial charge in [-0.1, -0.05) is 37.4 Å². The zero-order valence-electron chi connectivity index (χ0n) is 10.5. The minimum atomic E-state index is 0.695. The minimum Gasteiger partial charge on any atom is -0.312 e. The van der Waals surface area contributed by atoms with E-state index in [9.17, 15) is 0 Å². The highest BCUT2D eigenvalue weighted by Crippen LogP contribution is 2.21. The Morgan fingerprint density at radius 2 is 2.06 bits per heavy atom. The van der Waals surface area contributed by atoms with E-state index < -0.39 is 0 Å². The van der Waals surface area contributed by atoms with E-state index in [2.05, 4.69) is 23.8 Å². The van der Waals surface area contributed by atoms with Crippen molar-refractivity contribution in [2.45, 2.75) is 44.6 Å². The van der Waals surface area contributed by atoms with Crippen LogP contribution in [-0.2, 0) is 0 Å². The Labute approximate surface area is 105 Å². The fourth-order valence-electron chi connectivity index (χ4n) is 2.38. The van der Waals surface area contributed by atoms with Gasteiger partial charge in [-0.15, -0.1) is 0 Å². The maximum absolute atomic E-state index is 5.67. The number of hydrogen-bond acceptors (Lipinski definition) is 2. The van der Waals surface area contributed by atoms with E-state index in [1.165, 1.54) is 45.1 Å². The van der Waals surface area contributed by atoms with Crippen LogP contribution in [0.1, 0.15) is 38.5 Å². The van der Waals surface area contributed by atoms with Crippen molar-refractivity contribution in [3.8, 4) is 0 Å². The zero-order valence-corrected chi connectivity index (χ0v) is 11.2. The predicted molar refractivity (Wildman–Crippen MR) is 72.0 cm³/mol. The van der Waals surface area contributed by atoms with E-state index in [4.69, 9.17) is 11.6 Å². The van der Waals surface area contributed by atoms with Gasteiger partial charge in [0.25, 0.3) is 0 Å². The number of nitrogens with zero attached hydrogens (tertiary/aromatic N) is 1. The average molecular weight is 245 g/mol. The number of nitrogens with one attached hydrogen (secondary N) is 1. The summed E-state index contributed by atoms with van der Waals surface area (Å²) < 4.78 is 0. The van der Waals surface area contributed by atoms with E-state index in [-0.39, 0.29) is 0 Å². The molecule has 16 heavy (non-hydrogen) atoms. The summed E-state index contributed by atoms with van der Waals surface area (Å²) in [6, 6.07) is 0.830. The molecule has 0 saturated heterocycles. The lowest BCUT2D eigenvalue weighted by Gasteiger charge is -2.31. The van der Waals surface area contributed by atoms with Gasteiger partial charge in [0.1, 0.15) is 0 Å². The highest BCUT2D eigenvalue weighted by atomic mass is 35.5. The summed E-state index contributed by atoms with van der Waals surface area (Å²) in [5, 5.41) is 3.98. The molecule has 0 aromatic rings. The molecule has 2 nitrogen and oxygen atoms in total. The molecule has 94 valence electrons. The molecular weight excluding hydrogens is 220 g/mol. The lowest BCUT2D eigenvalue weighted by molar-refractivity contribution is 0.190. The largest absolute Gasteiger partial charge is 0.312 e. The average Bonchev–Trinajstić information content (AvgIpc) is 2.29. The van der Waals surface area contributed by atoms with Crippen molar-refractivity contribution in [1.29, 1.82) is 0 Å². The Morgan fingerprint density at radius 3 is 2.69 bits per heavy atom. The molecule has 1 aliphatic rings. The van der Waals surface area contributed by atoms with Crippen LogP contribution in [0.15, 0.2) is 11.6 Å². The number of hydrogen-bond donors (Lipinski definition) is 1. The first-order valence-electron chi connectivity index (χ1n) is 6.44. The molecule has 0 aromatic heterocycles. The molecule has 1 aliphatic carbocycles. The molecule has 0 bridgehead atoms.